The average Bonchev–Trinajstić information content (AvgIpc) is 2.20. The van der Waals surface area contributed by atoms with Crippen LogP contribution in [-0.2, 0) is 9.59 Å². The van der Waals surface area contributed by atoms with Gasteiger partial charge in [-0.1, -0.05) is 13.2 Å². The molecule has 0 aromatic carbocycles. The molecule has 4 nitrogen and oxygen atoms in total. The first-order valence-corrected chi connectivity index (χ1v) is 3.51. The van der Waals surface area contributed by atoms with Crippen LogP contribution >= 0.6 is 0 Å². The van der Waals surface area contributed by atoms with E-state index in [1.54, 1.807) is 0 Å². The van der Waals surface area contributed by atoms with Crippen molar-refractivity contribution in [3.05, 3.63) is 38.5 Å². The minimum Gasteiger partial charge on any atom is -0.335 e. The van der Waals surface area contributed by atoms with Crippen molar-refractivity contribution in [3.63, 3.8) is 0 Å². The minimum atomic E-state index is -0.325. The fraction of sp³-hybridized carbons (Fsp3) is 0.111. The van der Waals surface area contributed by atoms with Crippen LogP contribution in [0.4, 0.5) is 0 Å². The maximum absolute atomic E-state index is 10.5. The summed E-state index contributed by atoms with van der Waals surface area (Å²) in [6.45, 7) is 12.6. The van der Waals surface area contributed by atoms with E-state index < -0.39 is 0 Å². The molecule has 0 aliphatic carbocycles. The van der Waals surface area contributed by atoms with Gasteiger partial charge in [-0.05, 0) is 12.2 Å². The van der Waals surface area contributed by atoms with Crippen LogP contribution in [0.5, 0.6) is 0 Å². The molecule has 0 rings (SSSR count). The zero-order valence-electron chi connectivity index (χ0n) is 7.51. The molecule has 2 amide bonds. The molecule has 0 aromatic heterocycles. The van der Waals surface area contributed by atoms with Crippen molar-refractivity contribution in [2.45, 2.75) is 0 Å². The highest BCUT2D eigenvalue weighted by molar-refractivity contribution is 5.89. The molecule has 0 aliphatic heterocycles. The Balaban J connectivity index is 0. The van der Waals surface area contributed by atoms with Crippen LogP contribution < -0.4 is 10.6 Å². The molecule has 0 bridgehead atoms. The summed E-state index contributed by atoms with van der Waals surface area (Å²) < 4.78 is 0. The molecular weight excluding hydrogens is 168 g/mol. The quantitative estimate of drug-likeness (QED) is 0.374. The predicted molar refractivity (Wildman–Crippen MR) is 52.8 cm³/mol. The summed E-state index contributed by atoms with van der Waals surface area (Å²) in [6, 6.07) is 0. The van der Waals surface area contributed by atoms with Crippen LogP contribution in [0.25, 0.3) is 0 Å². The second-order valence-corrected chi connectivity index (χ2v) is 1.67. The molecule has 0 fully saturated rings. The van der Waals surface area contributed by atoms with Gasteiger partial charge >= 0.3 is 0 Å². The van der Waals surface area contributed by atoms with Gasteiger partial charge < -0.3 is 10.6 Å². The molecule has 0 radical (unpaired) electrons. The first kappa shape index (κ1) is 13.7. The molecule has 13 heavy (non-hydrogen) atoms. The van der Waals surface area contributed by atoms with E-state index in [1.165, 1.54) is 0 Å². The summed E-state index contributed by atoms with van der Waals surface area (Å²) in [5.41, 5.74) is 0. The standard InChI is InChI=1S/C7H10N2O2.C2H4/c1-3-6(10)8-5-9-7(11)4-2;1-2/h3-4H,1-2,5H2,(H,8,10)(H,9,11);1-2H2. The Labute approximate surface area is 78.0 Å². The summed E-state index contributed by atoms with van der Waals surface area (Å²) in [5, 5.41) is 4.72. The van der Waals surface area contributed by atoms with E-state index in [4.69, 9.17) is 0 Å². The van der Waals surface area contributed by atoms with E-state index in [9.17, 15) is 9.59 Å². The highest BCUT2D eigenvalue weighted by Crippen LogP contribution is 1.65. The minimum absolute atomic E-state index is 0.0930. The highest BCUT2D eigenvalue weighted by atomic mass is 16.2. The van der Waals surface area contributed by atoms with Crippen LogP contribution in [0.3, 0.4) is 0 Å². The Morgan fingerprint density at radius 2 is 1.31 bits per heavy atom. The Morgan fingerprint density at radius 3 is 1.54 bits per heavy atom. The Bertz CT molecular complexity index is 180. The number of hydrogen-bond acceptors (Lipinski definition) is 2. The molecule has 0 aliphatic rings. The van der Waals surface area contributed by atoms with Crippen LogP contribution in [0.1, 0.15) is 0 Å². The lowest BCUT2D eigenvalue weighted by atomic mass is 10.5. The molecule has 0 saturated heterocycles. The third-order valence-electron chi connectivity index (χ3n) is 0.896. The van der Waals surface area contributed by atoms with E-state index in [2.05, 4.69) is 36.9 Å². The van der Waals surface area contributed by atoms with E-state index in [0.29, 0.717) is 0 Å². The van der Waals surface area contributed by atoms with Gasteiger partial charge in [-0.2, -0.15) is 0 Å². The average molecular weight is 182 g/mol. The number of carbonyl (C=O) groups excluding carboxylic acids is 2. The van der Waals surface area contributed by atoms with Crippen molar-refractivity contribution in [2.75, 3.05) is 6.67 Å². The summed E-state index contributed by atoms with van der Waals surface area (Å²) in [6.07, 6.45) is 2.25. The zero-order valence-corrected chi connectivity index (χ0v) is 7.51. The lowest BCUT2D eigenvalue weighted by molar-refractivity contribution is -0.118. The van der Waals surface area contributed by atoms with Gasteiger partial charge in [-0.25, -0.2) is 0 Å². The SMILES string of the molecule is C=C.C=CC(=O)NCNC(=O)C=C. The lowest BCUT2D eigenvalue weighted by Crippen LogP contribution is -2.35. The molecule has 72 valence electrons. The van der Waals surface area contributed by atoms with Gasteiger partial charge in [0, 0.05) is 0 Å². The molecule has 0 heterocycles. The molecule has 0 atom stereocenters. The van der Waals surface area contributed by atoms with E-state index in [0.717, 1.165) is 12.2 Å². The van der Waals surface area contributed by atoms with Crippen molar-refractivity contribution in [1.82, 2.24) is 10.6 Å². The summed E-state index contributed by atoms with van der Waals surface area (Å²) in [5.74, 6) is -0.649. The second-order valence-electron chi connectivity index (χ2n) is 1.67. The third-order valence-corrected chi connectivity index (χ3v) is 0.896. The van der Waals surface area contributed by atoms with Crippen molar-refractivity contribution in [1.29, 1.82) is 0 Å². The van der Waals surface area contributed by atoms with Crippen molar-refractivity contribution in [3.8, 4) is 0 Å². The summed E-state index contributed by atoms with van der Waals surface area (Å²) >= 11 is 0. The van der Waals surface area contributed by atoms with Gasteiger partial charge in [0.25, 0.3) is 0 Å². The lowest BCUT2D eigenvalue weighted by Gasteiger charge is -2.01. The van der Waals surface area contributed by atoms with Crippen LogP contribution in [-0.4, -0.2) is 18.5 Å². The largest absolute Gasteiger partial charge is 0.335 e. The number of amides is 2. The van der Waals surface area contributed by atoms with Crippen LogP contribution in [0.2, 0.25) is 0 Å². The van der Waals surface area contributed by atoms with Gasteiger partial charge in [0.1, 0.15) is 0 Å². The normalized spacial score (nSPS) is 7.08. The first-order chi connectivity index (χ1) is 6.20. The van der Waals surface area contributed by atoms with Crippen LogP contribution in [0.15, 0.2) is 38.5 Å². The first-order valence-electron chi connectivity index (χ1n) is 3.51. The number of hydrogen-bond donors (Lipinski definition) is 2. The van der Waals surface area contributed by atoms with E-state index >= 15 is 0 Å². The Hall–Kier alpha value is -1.84. The fourth-order valence-corrected chi connectivity index (χ4v) is 0.363. The van der Waals surface area contributed by atoms with Gasteiger partial charge in [0.15, 0.2) is 0 Å². The fourth-order valence-electron chi connectivity index (χ4n) is 0.363. The number of carbonyl (C=O) groups is 2. The Morgan fingerprint density at radius 1 is 1.00 bits per heavy atom. The van der Waals surface area contributed by atoms with Gasteiger partial charge in [-0.15, -0.1) is 13.2 Å². The third kappa shape index (κ3) is 10.2. The predicted octanol–water partition coefficient (Wildman–Crippen LogP) is 0.350. The van der Waals surface area contributed by atoms with E-state index in [1.807, 2.05) is 0 Å². The molecule has 0 aromatic rings. The highest BCUT2D eigenvalue weighted by Gasteiger charge is 1.93. The maximum atomic E-state index is 10.5. The summed E-state index contributed by atoms with van der Waals surface area (Å²) in [7, 11) is 0. The van der Waals surface area contributed by atoms with Crippen molar-refractivity contribution >= 4 is 11.8 Å². The topological polar surface area (TPSA) is 58.2 Å². The molecule has 4 heteroatoms. The number of nitrogens with one attached hydrogen (secondary N) is 2. The maximum Gasteiger partial charge on any atom is 0.244 e. The molecule has 0 spiro atoms. The smallest absolute Gasteiger partial charge is 0.244 e. The Kier molecular flexibility index (Phi) is 10.7. The molecule has 0 saturated carbocycles. The molecule has 2 N–H and O–H groups in total. The van der Waals surface area contributed by atoms with Gasteiger partial charge in [-0.3, -0.25) is 9.59 Å². The van der Waals surface area contributed by atoms with Gasteiger partial charge in [0.05, 0.1) is 6.67 Å². The summed E-state index contributed by atoms with van der Waals surface area (Å²) in [4.78, 5) is 21.0. The second kappa shape index (κ2) is 10.2. The van der Waals surface area contributed by atoms with E-state index in [-0.39, 0.29) is 18.5 Å². The zero-order chi connectivity index (χ0) is 10.7. The number of rotatable bonds is 4. The molecular formula is C9H14N2O2. The monoisotopic (exact) mass is 182 g/mol. The molecule has 0 unspecified atom stereocenters. The van der Waals surface area contributed by atoms with Crippen LogP contribution in [0, 0.1) is 0 Å². The van der Waals surface area contributed by atoms with Gasteiger partial charge in [0.2, 0.25) is 11.8 Å². The van der Waals surface area contributed by atoms with Crippen molar-refractivity contribution < 1.29 is 9.59 Å². The van der Waals surface area contributed by atoms with Crippen molar-refractivity contribution in [2.24, 2.45) is 0 Å².